The van der Waals surface area contributed by atoms with E-state index >= 15 is 0 Å². The van der Waals surface area contributed by atoms with Crippen LogP contribution in [-0.2, 0) is 9.59 Å². The number of rotatable bonds is 1. The predicted molar refractivity (Wildman–Crippen MR) is 70.0 cm³/mol. The van der Waals surface area contributed by atoms with E-state index in [1.54, 1.807) is 0 Å². The SMILES string of the molecule is CC(C)(C)N1C(=O)CC(c2ccccc2)CC1=O. The number of benzene rings is 1. The summed E-state index contributed by atoms with van der Waals surface area (Å²) < 4.78 is 0. The average molecular weight is 245 g/mol. The third-order valence-electron chi connectivity index (χ3n) is 3.28. The lowest BCUT2D eigenvalue weighted by Gasteiger charge is -2.39. The van der Waals surface area contributed by atoms with Gasteiger partial charge in [0.15, 0.2) is 0 Å². The van der Waals surface area contributed by atoms with Crippen LogP contribution in [0.1, 0.15) is 45.1 Å². The van der Waals surface area contributed by atoms with Crippen molar-refractivity contribution in [1.82, 2.24) is 4.90 Å². The summed E-state index contributed by atoms with van der Waals surface area (Å²) in [6.45, 7) is 5.68. The van der Waals surface area contributed by atoms with E-state index in [4.69, 9.17) is 0 Å². The van der Waals surface area contributed by atoms with E-state index in [2.05, 4.69) is 0 Å². The molecule has 1 heterocycles. The molecule has 0 aromatic heterocycles. The Labute approximate surface area is 108 Å². The Hall–Kier alpha value is -1.64. The maximum absolute atomic E-state index is 12.1. The number of piperidine rings is 1. The number of carbonyl (C=O) groups excluding carboxylic acids is 2. The number of likely N-dealkylation sites (tertiary alicyclic amines) is 1. The van der Waals surface area contributed by atoms with E-state index in [-0.39, 0.29) is 17.7 Å². The van der Waals surface area contributed by atoms with Crippen LogP contribution < -0.4 is 0 Å². The van der Waals surface area contributed by atoms with Gasteiger partial charge in [-0.25, -0.2) is 0 Å². The van der Waals surface area contributed by atoms with Crippen LogP contribution in [0, 0.1) is 0 Å². The molecule has 2 rings (SSSR count). The zero-order valence-corrected chi connectivity index (χ0v) is 11.1. The Morgan fingerprint density at radius 2 is 1.50 bits per heavy atom. The van der Waals surface area contributed by atoms with Crippen molar-refractivity contribution in [3.8, 4) is 0 Å². The third-order valence-corrected chi connectivity index (χ3v) is 3.28. The Morgan fingerprint density at radius 1 is 1.00 bits per heavy atom. The molecule has 3 nitrogen and oxygen atoms in total. The summed E-state index contributed by atoms with van der Waals surface area (Å²) in [5.74, 6) is -0.0926. The summed E-state index contributed by atoms with van der Waals surface area (Å²) in [6.07, 6.45) is 0.847. The lowest BCUT2D eigenvalue weighted by molar-refractivity contribution is -0.154. The van der Waals surface area contributed by atoms with Gasteiger partial charge < -0.3 is 0 Å². The van der Waals surface area contributed by atoms with Crippen molar-refractivity contribution in [3.05, 3.63) is 35.9 Å². The highest BCUT2D eigenvalue weighted by Gasteiger charge is 2.39. The number of hydrogen-bond acceptors (Lipinski definition) is 2. The standard InChI is InChI=1S/C15H19NO2/c1-15(2,3)16-13(17)9-12(10-14(16)18)11-7-5-4-6-8-11/h4-8,12H,9-10H2,1-3H3. The highest BCUT2D eigenvalue weighted by Crippen LogP contribution is 2.32. The highest BCUT2D eigenvalue weighted by atomic mass is 16.2. The monoisotopic (exact) mass is 245 g/mol. The Kier molecular flexibility index (Phi) is 3.24. The molecule has 0 saturated carbocycles. The topological polar surface area (TPSA) is 37.4 Å². The smallest absolute Gasteiger partial charge is 0.230 e. The van der Waals surface area contributed by atoms with Crippen molar-refractivity contribution in [1.29, 1.82) is 0 Å². The number of imide groups is 1. The molecule has 1 saturated heterocycles. The van der Waals surface area contributed by atoms with Gasteiger partial charge in [0.1, 0.15) is 0 Å². The normalized spacial score (nSPS) is 18.3. The van der Waals surface area contributed by atoms with Gasteiger partial charge in [-0.3, -0.25) is 14.5 Å². The second-order valence-corrected chi connectivity index (χ2v) is 5.81. The number of nitrogens with zero attached hydrogens (tertiary/aromatic N) is 1. The fourth-order valence-corrected chi connectivity index (χ4v) is 2.52. The summed E-state index contributed by atoms with van der Waals surface area (Å²) in [4.78, 5) is 25.7. The molecule has 2 amide bonds. The van der Waals surface area contributed by atoms with E-state index in [1.807, 2.05) is 51.1 Å². The number of hydrogen-bond donors (Lipinski definition) is 0. The highest BCUT2D eigenvalue weighted by molar-refractivity contribution is 5.99. The second-order valence-electron chi connectivity index (χ2n) is 5.81. The first kappa shape index (κ1) is 12.8. The van der Waals surface area contributed by atoms with Crippen LogP contribution in [0.4, 0.5) is 0 Å². The van der Waals surface area contributed by atoms with Gasteiger partial charge >= 0.3 is 0 Å². The molecule has 0 unspecified atom stereocenters. The minimum absolute atomic E-state index is 0.0322. The van der Waals surface area contributed by atoms with Gasteiger partial charge in [-0.15, -0.1) is 0 Å². The zero-order chi connectivity index (χ0) is 13.3. The summed E-state index contributed by atoms with van der Waals surface area (Å²) in [5, 5.41) is 0. The lowest BCUT2D eigenvalue weighted by Crippen LogP contribution is -2.52. The van der Waals surface area contributed by atoms with Crippen LogP contribution in [0.5, 0.6) is 0 Å². The molecule has 18 heavy (non-hydrogen) atoms. The minimum Gasteiger partial charge on any atom is -0.277 e. The van der Waals surface area contributed by atoms with Crippen LogP contribution in [0.25, 0.3) is 0 Å². The van der Waals surface area contributed by atoms with Crippen LogP contribution in [0.3, 0.4) is 0 Å². The van der Waals surface area contributed by atoms with Gasteiger partial charge in [-0.1, -0.05) is 30.3 Å². The van der Waals surface area contributed by atoms with Crippen molar-refractivity contribution >= 4 is 11.8 Å². The molecule has 1 aliphatic heterocycles. The summed E-state index contributed by atoms with van der Waals surface area (Å²) in [7, 11) is 0. The van der Waals surface area contributed by atoms with Gasteiger partial charge in [-0.2, -0.15) is 0 Å². The molecule has 0 spiro atoms. The average Bonchev–Trinajstić information content (AvgIpc) is 2.27. The molecular weight excluding hydrogens is 226 g/mol. The van der Waals surface area contributed by atoms with Crippen LogP contribution in [0.2, 0.25) is 0 Å². The number of amides is 2. The lowest BCUT2D eigenvalue weighted by atomic mass is 9.86. The zero-order valence-electron chi connectivity index (χ0n) is 11.1. The van der Waals surface area contributed by atoms with Crippen LogP contribution in [-0.4, -0.2) is 22.3 Å². The number of carbonyl (C=O) groups is 2. The molecular formula is C15H19NO2. The summed E-state index contributed by atoms with van der Waals surface area (Å²) >= 11 is 0. The van der Waals surface area contributed by atoms with Crippen molar-refractivity contribution in [3.63, 3.8) is 0 Å². The van der Waals surface area contributed by atoms with E-state index in [9.17, 15) is 9.59 Å². The fourth-order valence-electron chi connectivity index (χ4n) is 2.52. The van der Waals surface area contributed by atoms with Crippen molar-refractivity contribution < 1.29 is 9.59 Å². The molecule has 1 aromatic carbocycles. The first-order chi connectivity index (χ1) is 8.39. The Bertz CT molecular complexity index is 441. The van der Waals surface area contributed by atoms with Crippen molar-refractivity contribution in [2.45, 2.75) is 45.1 Å². The van der Waals surface area contributed by atoms with E-state index in [0.29, 0.717) is 12.8 Å². The Morgan fingerprint density at radius 3 is 1.94 bits per heavy atom. The van der Waals surface area contributed by atoms with Gasteiger partial charge in [0.2, 0.25) is 11.8 Å². The van der Waals surface area contributed by atoms with Crippen molar-refractivity contribution in [2.24, 2.45) is 0 Å². The Balaban J connectivity index is 2.20. The summed E-state index contributed by atoms with van der Waals surface area (Å²) in [6, 6.07) is 9.80. The minimum atomic E-state index is -0.421. The maximum atomic E-state index is 12.1. The van der Waals surface area contributed by atoms with Crippen molar-refractivity contribution in [2.75, 3.05) is 0 Å². The second kappa shape index (κ2) is 4.56. The summed E-state index contributed by atoms with van der Waals surface area (Å²) in [5.41, 5.74) is 0.656. The van der Waals surface area contributed by atoms with Gasteiger partial charge in [0.05, 0.1) is 0 Å². The molecule has 0 bridgehead atoms. The largest absolute Gasteiger partial charge is 0.277 e. The molecule has 1 fully saturated rings. The third kappa shape index (κ3) is 2.45. The molecule has 0 aliphatic carbocycles. The molecule has 1 aromatic rings. The first-order valence-electron chi connectivity index (χ1n) is 6.30. The van der Waals surface area contributed by atoms with Crippen LogP contribution >= 0.6 is 0 Å². The van der Waals surface area contributed by atoms with Crippen LogP contribution in [0.15, 0.2) is 30.3 Å². The van der Waals surface area contributed by atoms with Gasteiger partial charge in [0.25, 0.3) is 0 Å². The van der Waals surface area contributed by atoms with Gasteiger partial charge in [0, 0.05) is 24.3 Å². The molecule has 0 N–H and O–H groups in total. The molecule has 3 heteroatoms. The molecule has 0 atom stereocenters. The molecule has 0 radical (unpaired) electrons. The van der Waals surface area contributed by atoms with E-state index in [0.717, 1.165) is 5.56 Å². The fraction of sp³-hybridized carbons (Fsp3) is 0.467. The van der Waals surface area contributed by atoms with Gasteiger partial charge in [-0.05, 0) is 26.3 Å². The first-order valence-corrected chi connectivity index (χ1v) is 6.30. The maximum Gasteiger partial charge on any atom is 0.230 e. The van der Waals surface area contributed by atoms with E-state index in [1.165, 1.54) is 4.90 Å². The predicted octanol–water partition coefficient (Wildman–Crippen LogP) is 2.72. The van der Waals surface area contributed by atoms with E-state index < -0.39 is 5.54 Å². The quantitative estimate of drug-likeness (QED) is 0.713. The molecule has 96 valence electrons. The molecule has 1 aliphatic rings.